The van der Waals surface area contributed by atoms with Gasteiger partial charge < -0.3 is 9.67 Å². The van der Waals surface area contributed by atoms with Crippen LogP contribution in [0.15, 0.2) is 53.8 Å². The van der Waals surface area contributed by atoms with Crippen LogP contribution in [0.2, 0.25) is 0 Å². The van der Waals surface area contributed by atoms with E-state index in [1.54, 1.807) is 31.6 Å². The molecule has 2 fully saturated rings. The summed E-state index contributed by atoms with van der Waals surface area (Å²) in [7, 11) is 1.86. The van der Waals surface area contributed by atoms with Gasteiger partial charge in [-0.1, -0.05) is 19.1 Å². The van der Waals surface area contributed by atoms with Gasteiger partial charge in [-0.3, -0.25) is 13.9 Å². The smallest absolute Gasteiger partial charge is 0.390 e. The van der Waals surface area contributed by atoms with Crippen molar-refractivity contribution in [3.8, 4) is 5.69 Å². The Hall–Kier alpha value is -3.44. The van der Waals surface area contributed by atoms with Gasteiger partial charge in [-0.2, -0.15) is 13.2 Å². The molecular formula is C30H35F3N6O2. The van der Waals surface area contributed by atoms with Gasteiger partial charge in [0.1, 0.15) is 12.2 Å². The number of pyridine rings is 1. The second-order valence-electron chi connectivity index (χ2n) is 12.3. The average Bonchev–Trinajstić information content (AvgIpc) is 3.45. The summed E-state index contributed by atoms with van der Waals surface area (Å²) < 4.78 is 47.1. The molecule has 3 aromatic heterocycles. The maximum absolute atomic E-state index is 14.3. The van der Waals surface area contributed by atoms with Crippen LogP contribution in [0.4, 0.5) is 13.2 Å². The fourth-order valence-electron chi connectivity index (χ4n) is 6.81. The van der Waals surface area contributed by atoms with E-state index in [-0.39, 0.29) is 17.4 Å². The Kier molecular flexibility index (Phi) is 6.85. The number of hydrogen-bond donors (Lipinski definition) is 1. The second-order valence-corrected chi connectivity index (χ2v) is 12.3. The highest BCUT2D eigenvalue weighted by Crippen LogP contribution is 2.48. The van der Waals surface area contributed by atoms with E-state index in [0.29, 0.717) is 36.6 Å². The SMILES string of the molecule is C[C@H]1CCCN(Cc2cc(C(F)(F)F)c3cn(-c4cccc([C@H](c5nncn5C)[C@H]5C[C@@](C)(O)C5)c4)c(=O)n3c2)C1. The number of imidazole rings is 1. The number of rotatable bonds is 6. The summed E-state index contributed by atoms with van der Waals surface area (Å²) in [6.07, 6.45) is 3.12. The summed E-state index contributed by atoms with van der Waals surface area (Å²) in [6.45, 7) is 5.97. The van der Waals surface area contributed by atoms with Crippen molar-refractivity contribution in [2.75, 3.05) is 13.1 Å². The summed E-state index contributed by atoms with van der Waals surface area (Å²) in [4.78, 5) is 15.8. The van der Waals surface area contributed by atoms with Crippen LogP contribution in [0.3, 0.4) is 0 Å². The van der Waals surface area contributed by atoms with Gasteiger partial charge in [0.05, 0.1) is 22.4 Å². The van der Waals surface area contributed by atoms with E-state index in [9.17, 15) is 23.1 Å². The molecule has 1 saturated carbocycles. The van der Waals surface area contributed by atoms with Crippen molar-refractivity contribution in [1.29, 1.82) is 0 Å². The fourth-order valence-corrected chi connectivity index (χ4v) is 6.81. The predicted octanol–water partition coefficient (Wildman–Crippen LogP) is 4.76. The standard InChI is InChI=1S/C30H35F3N6O2/c1-19-6-5-9-37(14-19)15-20-10-24(30(31,32)33)25-17-38(28(40)39(25)16-20)23-8-4-7-21(11-23)26(22-12-29(2,41)13-22)27-35-34-18-36(27)3/h4,7-8,10-11,16-19,22,26,41H,5-6,9,12-15H2,1-3H3/t19-,22-,26-,29+/m0/s1. The van der Waals surface area contributed by atoms with Crippen molar-refractivity contribution in [3.63, 3.8) is 0 Å². The largest absolute Gasteiger partial charge is 0.418 e. The first-order chi connectivity index (χ1) is 19.4. The van der Waals surface area contributed by atoms with E-state index in [4.69, 9.17) is 0 Å². The predicted molar refractivity (Wildman–Crippen MR) is 148 cm³/mol. The maximum Gasteiger partial charge on any atom is 0.418 e. The van der Waals surface area contributed by atoms with Crippen LogP contribution >= 0.6 is 0 Å². The number of hydrogen-bond acceptors (Lipinski definition) is 5. The lowest BCUT2D eigenvalue weighted by Crippen LogP contribution is -2.44. The third-order valence-corrected chi connectivity index (χ3v) is 8.68. The molecule has 2 atom stereocenters. The Balaban J connectivity index is 1.42. The Morgan fingerprint density at radius 2 is 1.98 bits per heavy atom. The third kappa shape index (κ3) is 5.32. The number of piperidine rings is 1. The molecule has 1 N–H and O–H groups in total. The molecule has 8 nitrogen and oxygen atoms in total. The molecule has 1 aliphatic carbocycles. The lowest BCUT2D eigenvalue weighted by molar-refractivity contribution is -0.136. The third-order valence-electron chi connectivity index (χ3n) is 8.68. The molecule has 41 heavy (non-hydrogen) atoms. The van der Waals surface area contributed by atoms with E-state index in [1.807, 2.05) is 23.7 Å². The second kappa shape index (κ2) is 10.1. The first-order valence-electron chi connectivity index (χ1n) is 14.1. The molecule has 4 heterocycles. The quantitative estimate of drug-likeness (QED) is 0.363. The van der Waals surface area contributed by atoms with Crippen molar-refractivity contribution in [2.45, 2.75) is 63.8 Å². The molecule has 1 aliphatic heterocycles. The number of benzene rings is 1. The lowest BCUT2D eigenvalue weighted by atomic mass is 9.64. The number of aliphatic hydroxyl groups is 1. The molecule has 6 rings (SSSR count). The van der Waals surface area contributed by atoms with E-state index >= 15 is 0 Å². The van der Waals surface area contributed by atoms with E-state index in [2.05, 4.69) is 22.0 Å². The molecule has 4 aromatic rings. The normalized spacial score (nSPS) is 24.5. The zero-order valence-electron chi connectivity index (χ0n) is 23.5. The van der Waals surface area contributed by atoms with Crippen molar-refractivity contribution in [1.82, 2.24) is 28.6 Å². The zero-order valence-corrected chi connectivity index (χ0v) is 23.5. The highest BCUT2D eigenvalue weighted by Gasteiger charge is 2.45. The van der Waals surface area contributed by atoms with Crippen LogP contribution in [-0.4, -0.2) is 52.4 Å². The Morgan fingerprint density at radius 1 is 1.20 bits per heavy atom. The molecule has 1 saturated heterocycles. The number of halogens is 3. The molecule has 11 heteroatoms. The number of aryl methyl sites for hydroxylation is 1. The van der Waals surface area contributed by atoms with Crippen LogP contribution in [0, 0.1) is 11.8 Å². The summed E-state index contributed by atoms with van der Waals surface area (Å²) in [5.74, 6) is 1.12. The summed E-state index contributed by atoms with van der Waals surface area (Å²) in [6, 6.07) is 8.46. The first kappa shape index (κ1) is 27.7. The maximum atomic E-state index is 14.3. The van der Waals surface area contributed by atoms with Gasteiger partial charge in [0, 0.05) is 38.4 Å². The monoisotopic (exact) mass is 568 g/mol. The average molecular weight is 569 g/mol. The van der Waals surface area contributed by atoms with Crippen molar-refractivity contribution < 1.29 is 18.3 Å². The van der Waals surface area contributed by atoms with Gasteiger partial charge >= 0.3 is 11.9 Å². The minimum Gasteiger partial charge on any atom is -0.390 e. The van der Waals surface area contributed by atoms with Crippen LogP contribution < -0.4 is 5.69 Å². The molecule has 218 valence electrons. The Morgan fingerprint density at radius 3 is 2.63 bits per heavy atom. The lowest BCUT2D eigenvalue weighted by Gasteiger charge is -2.44. The number of aromatic nitrogens is 5. The van der Waals surface area contributed by atoms with Crippen molar-refractivity contribution in [2.24, 2.45) is 18.9 Å². The number of alkyl halides is 3. The van der Waals surface area contributed by atoms with Crippen LogP contribution in [0.5, 0.6) is 0 Å². The van der Waals surface area contributed by atoms with Crippen LogP contribution in [0.1, 0.15) is 68.0 Å². The van der Waals surface area contributed by atoms with Gasteiger partial charge in [0.15, 0.2) is 0 Å². The fraction of sp³-hybridized carbons (Fsp3) is 0.500. The van der Waals surface area contributed by atoms with E-state index < -0.39 is 23.0 Å². The van der Waals surface area contributed by atoms with Gasteiger partial charge in [0.2, 0.25) is 0 Å². The molecule has 0 bridgehead atoms. The highest BCUT2D eigenvalue weighted by molar-refractivity contribution is 5.58. The molecular weight excluding hydrogens is 533 g/mol. The van der Waals surface area contributed by atoms with Crippen LogP contribution in [0.25, 0.3) is 11.2 Å². The highest BCUT2D eigenvalue weighted by atomic mass is 19.4. The van der Waals surface area contributed by atoms with E-state index in [0.717, 1.165) is 41.7 Å². The number of nitrogens with zero attached hydrogens (tertiary/aromatic N) is 6. The minimum absolute atomic E-state index is 0.102. The molecule has 0 amide bonds. The summed E-state index contributed by atoms with van der Waals surface area (Å²) in [5, 5.41) is 18.8. The molecule has 2 aliphatic rings. The number of likely N-dealkylation sites (tertiary alicyclic amines) is 1. The van der Waals surface area contributed by atoms with Gasteiger partial charge in [-0.15, -0.1) is 10.2 Å². The van der Waals surface area contributed by atoms with Gasteiger partial charge in [-0.05, 0) is 80.3 Å². The first-order valence-corrected chi connectivity index (χ1v) is 14.1. The Labute approximate surface area is 236 Å². The zero-order chi connectivity index (χ0) is 29.1. The van der Waals surface area contributed by atoms with Gasteiger partial charge in [0.25, 0.3) is 0 Å². The number of fused-ring (bicyclic) bond motifs is 1. The molecule has 0 radical (unpaired) electrons. The minimum atomic E-state index is -4.62. The van der Waals surface area contributed by atoms with Crippen LogP contribution in [-0.2, 0) is 19.8 Å². The van der Waals surface area contributed by atoms with Gasteiger partial charge in [-0.25, -0.2) is 4.79 Å². The summed E-state index contributed by atoms with van der Waals surface area (Å²) >= 11 is 0. The van der Waals surface area contributed by atoms with E-state index in [1.165, 1.54) is 16.8 Å². The molecule has 0 spiro atoms. The molecule has 1 aromatic carbocycles. The molecule has 0 unspecified atom stereocenters. The van der Waals surface area contributed by atoms with Crippen molar-refractivity contribution in [3.05, 3.63) is 82.1 Å². The van der Waals surface area contributed by atoms with Crippen molar-refractivity contribution >= 4 is 5.52 Å². The Bertz CT molecular complexity index is 1630. The summed E-state index contributed by atoms with van der Waals surface area (Å²) in [5.41, 5.74) is -0.519. The topological polar surface area (TPSA) is 80.6 Å².